The molecule has 3 N–H and O–H groups in total. The van der Waals surface area contributed by atoms with Crippen LogP contribution in [-0.2, 0) is 14.3 Å². The molecule has 0 aliphatic heterocycles. The molecule has 34 heavy (non-hydrogen) atoms. The van der Waals surface area contributed by atoms with Gasteiger partial charge < -0.3 is 20.5 Å². The minimum Gasteiger partial charge on any atom is -0.480 e. The summed E-state index contributed by atoms with van der Waals surface area (Å²) < 4.78 is 43.3. The van der Waals surface area contributed by atoms with Gasteiger partial charge in [0.2, 0.25) is 5.91 Å². The van der Waals surface area contributed by atoms with E-state index in [0.29, 0.717) is 0 Å². The van der Waals surface area contributed by atoms with Gasteiger partial charge in [-0.25, -0.2) is 9.59 Å². The zero-order valence-corrected chi connectivity index (χ0v) is 18.6. The molecule has 2 aromatic carbocycles. The zero-order valence-electron chi connectivity index (χ0n) is 18.6. The Kier molecular flexibility index (Phi) is 7.48. The number of ether oxygens (including phenoxy) is 1. The second-order valence-electron chi connectivity index (χ2n) is 8.41. The Bertz CT molecular complexity index is 1030. The van der Waals surface area contributed by atoms with Gasteiger partial charge >= 0.3 is 18.2 Å². The topological polar surface area (TPSA) is 105 Å². The van der Waals surface area contributed by atoms with Crippen molar-refractivity contribution < 1.29 is 37.4 Å². The maximum atomic E-state index is 12.6. The van der Waals surface area contributed by atoms with Gasteiger partial charge in [-0.1, -0.05) is 62.4 Å². The molecule has 10 heteroatoms. The SMILES string of the molecule is CC(C)[C@@H](NC(=O)OCC1c2ccccc2-c2ccccc21)C(=O)NC(CC(F)(F)F)C(=O)O. The van der Waals surface area contributed by atoms with Gasteiger partial charge in [0.1, 0.15) is 18.7 Å². The minimum atomic E-state index is -4.79. The molecule has 0 bridgehead atoms. The van der Waals surface area contributed by atoms with Crippen LogP contribution in [0.4, 0.5) is 18.0 Å². The highest BCUT2D eigenvalue weighted by atomic mass is 19.4. The Labute approximate surface area is 194 Å². The third-order valence-electron chi connectivity index (χ3n) is 5.62. The molecule has 1 aliphatic rings. The van der Waals surface area contributed by atoms with Gasteiger partial charge in [0.15, 0.2) is 0 Å². The smallest absolute Gasteiger partial charge is 0.407 e. The van der Waals surface area contributed by atoms with Crippen molar-refractivity contribution in [3.63, 3.8) is 0 Å². The first-order valence-electron chi connectivity index (χ1n) is 10.7. The molecule has 182 valence electrons. The van der Waals surface area contributed by atoms with Gasteiger partial charge in [-0.3, -0.25) is 4.79 Å². The summed E-state index contributed by atoms with van der Waals surface area (Å²) in [5.74, 6) is -3.62. The van der Waals surface area contributed by atoms with Crippen LogP contribution in [0.1, 0.15) is 37.3 Å². The van der Waals surface area contributed by atoms with Crippen molar-refractivity contribution in [1.29, 1.82) is 0 Å². The molecule has 0 aromatic heterocycles. The number of alkyl carbamates (subject to hydrolysis) is 1. The lowest BCUT2D eigenvalue weighted by Crippen LogP contribution is -2.54. The van der Waals surface area contributed by atoms with E-state index in [1.54, 1.807) is 13.8 Å². The maximum Gasteiger partial charge on any atom is 0.407 e. The van der Waals surface area contributed by atoms with Crippen LogP contribution in [0.15, 0.2) is 48.5 Å². The summed E-state index contributed by atoms with van der Waals surface area (Å²) in [7, 11) is 0. The molecule has 0 radical (unpaired) electrons. The third kappa shape index (κ3) is 5.86. The Hall–Kier alpha value is -3.56. The summed E-state index contributed by atoms with van der Waals surface area (Å²) in [5.41, 5.74) is 4.06. The molecule has 7 nitrogen and oxygen atoms in total. The number of carbonyl (C=O) groups is 3. The molecule has 3 rings (SSSR count). The zero-order chi connectivity index (χ0) is 25.0. The summed E-state index contributed by atoms with van der Waals surface area (Å²) in [6, 6.07) is 12.0. The van der Waals surface area contributed by atoms with Gasteiger partial charge in [0.05, 0.1) is 6.42 Å². The Morgan fingerprint density at radius 3 is 1.97 bits per heavy atom. The first-order chi connectivity index (χ1) is 16.0. The van der Waals surface area contributed by atoms with Crippen LogP contribution < -0.4 is 10.6 Å². The number of alkyl halides is 3. The highest BCUT2D eigenvalue weighted by Crippen LogP contribution is 2.44. The number of fused-ring (bicyclic) bond motifs is 3. The summed E-state index contributed by atoms with van der Waals surface area (Å²) in [6.45, 7) is 3.11. The van der Waals surface area contributed by atoms with E-state index in [1.807, 2.05) is 53.8 Å². The first kappa shape index (κ1) is 25.1. The molecule has 1 unspecified atom stereocenters. The van der Waals surface area contributed by atoms with Gasteiger partial charge in [0, 0.05) is 5.92 Å². The molecule has 0 heterocycles. The number of nitrogens with one attached hydrogen (secondary N) is 2. The van der Waals surface area contributed by atoms with E-state index in [1.165, 1.54) is 0 Å². The fourth-order valence-electron chi connectivity index (χ4n) is 4.00. The predicted octanol–water partition coefficient (Wildman–Crippen LogP) is 4.07. The van der Waals surface area contributed by atoms with Crippen molar-refractivity contribution >= 4 is 18.0 Å². The van der Waals surface area contributed by atoms with Crippen molar-refractivity contribution in [3.8, 4) is 11.1 Å². The van der Waals surface area contributed by atoms with Gasteiger partial charge in [0.25, 0.3) is 0 Å². The van der Waals surface area contributed by atoms with Crippen LogP contribution in [0.25, 0.3) is 11.1 Å². The molecule has 1 aliphatic carbocycles. The fraction of sp³-hybridized carbons (Fsp3) is 0.375. The van der Waals surface area contributed by atoms with Crippen molar-refractivity contribution in [2.45, 2.75) is 44.4 Å². The van der Waals surface area contributed by atoms with E-state index in [0.717, 1.165) is 22.3 Å². The Morgan fingerprint density at radius 2 is 1.50 bits per heavy atom. The Balaban J connectivity index is 1.66. The minimum absolute atomic E-state index is 0.0158. The number of carboxylic acid groups (broad SMARTS) is 1. The lowest BCUT2D eigenvalue weighted by atomic mass is 9.98. The fourth-order valence-corrected chi connectivity index (χ4v) is 4.00. The lowest BCUT2D eigenvalue weighted by Gasteiger charge is -2.24. The number of halogens is 3. The van der Waals surface area contributed by atoms with Crippen LogP contribution >= 0.6 is 0 Å². The number of hydrogen-bond donors (Lipinski definition) is 3. The molecule has 0 fully saturated rings. The number of benzene rings is 2. The normalized spacial score (nSPS) is 14.6. The van der Waals surface area contributed by atoms with Crippen LogP contribution in [0.3, 0.4) is 0 Å². The molecule has 0 saturated heterocycles. The van der Waals surface area contributed by atoms with Gasteiger partial charge in [-0.15, -0.1) is 0 Å². The van der Waals surface area contributed by atoms with Crippen molar-refractivity contribution in [3.05, 3.63) is 59.7 Å². The molecule has 2 aromatic rings. The summed E-state index contributed by atoms with van der Waals surface area (Å²) in [4.78, 5) is 36.1. The lowest BCUT2D eigenvalue weighted by molar-refractivity contribution is -0.160. The standard InChI is InChI=1S/C24H25F3N2O5/c1-13(2)20(21(30)28-19(22(31)32)11-24(25,26)27)29-23(33)34-12-18-16-9-5-3-7-14(16)15-8-4-6-10-17(15)18/h3-10,13,18-20H,11-12H2,1-2H3,(H,28,30)(H,29,33)(H,31,32)/t19?,20-/m1/s1. The molecular formula is C24H25F3N2O5. The summed E-state index contributed by atoms with van der Waals surface area (Å²) in [6.07, 6.45) is -7.45. The van der Waals surface area contributed by atoms with Crippen LogP contribution in [0.5, 0.6) is 0 Å². The number of rotatable bonds is 8. The number of carboxylic acids is 1. The van der Waals surface area contributed by atoms with Gasteiger partial charge in [-0.2, -0.15) is 13.2 Å². The molecular weight excluding hydrogens is 453 g/mol. The van der Waals surface area contributed by atoms with E-state index in [9.17, 15) is 27.6 Å². The number of hydrogen-bond acceptors (Lipinski definition) is 4. The van der Waals surface area contributed by atoms with E-state index in [4.69, 9.17) is 9.84 Å². The number of amides is 2. The summed E-state index contributed by atoms with van der Waals surface area (Å²) >= 11 is 0. The molecule has 0 spiro atoms. The molecule has 2 amide bonds. The monoisotopic (exact) mass is 478 g/mol. The quantitative estimate of drug-likeness (QED) is 0.531. The first-order valence-corrected chi connectivity index (χ1v) is 10.7. The van der Waals surface area contributed by atoms with E-state index in [2.05, 4.69) is 5.32 Å². The number of carbonyl (C=O) groups excluding carboxylic acids is 2. The van der Waals surface area contributed by atoms with E-state index >= 15 is 0 Å². The van der Waals surface area contributed by atoms with Crippen molar-refractivity contribution in [2.75, 3.05) is 6.61 Å². The highest BCUT2D eigenvalue weighted by molar-refractivity contribution is 5.89. The summed E-state index contributed by atoms with van der Waals surface area (Å²) in [5, 5.41) is 13.2. The van der Waals surface area contributed by atoms with Crippen LogP contribution in [0.2, 0.25) is 0 Å². The second-order valence-corrected chi connectivity index (χ2v) is 8.41. The molecule has 0 saturated carbocycles. The molecule has 2 atom stereocenters. The van der Waals surface area contributed by atoms with E-state index in [-0.39, 0.29) is 12.5 Å². The van der Waals surface area contributed by atoms with Crippen LogP contribution in [-0.4, -0.2) is 47.9 Å². The number of aliphatic carboxylic acids is 1. The largest absolute Gasteiger partial charge is 0.480 e. The van der Waals surface area contributed by atoms with Crippen molar-refractivity contribution in [2.24, 2.45) is 5.92 Å². The second kappa shape index (κ2) is 10.1. The predicted molar refractivity (Wildman–Crippen MR) is 117 cm³/mol. The van der Waals surface area contributed by atoms with Crippen LogP contribution in [0, 0.1) is 5.92 Å². The average molecular weight is 478 g/mol. The van der Waals surface area contributed by atoms with Crippen molar-refractivity contribution in [1.82, 2.24) is 10.6 Å². The maximum absolute atomic E-state index is 12.6. The third-order valence-corrected chi connectivity index (χ3v) is 5.62. The Morgan fingerprint density at radius 1 is 0.971 bits per heavy atom. The average Bonchev–Trinajstić information content (AvgIpc) is 3.08. The highest BCUT2D eigenvalue weighted by Gasteiger charge is 2.38. The van der Waals surface area contributed by atoms with E-state index < -0.39 is 48.6 Å². The van der Waals surface area contributed by atoms with Gasteiger partial charge in [-0.05, 0) is 28.2 Å².